The molecule has 1 aliphatic heterocycles. The summed E-state index contributed by atoms with van der Waals surface area (Å²) in [5, 5.41) is 3.35. The Morgan fingerprint density at radius 1 is 0.757 bits per heavy atom. The maximum Gasteiger partial charge on any atom is 0.262 e. The molecule has 0 aliphatic carbocycles. The van der Waals surface area contributed by atoms with Crippen molar-refractivity contribution in [1.82, 2.24) is 5.32 Å². The summed E-state index contributed by atoms with van der Waals surface area (Å²) in [6, 6.07) is 16.8. The first-order valence-corrected chi connectivity index (χ1v) is 14.8. The molecule has 1 fully saturated rings. The maximum absolute atomic E-state index is 13.5. The smallest absolute Gasteiger partial charge is 0.262 e. The van der Waals surface area contributed by atoms with Crippen LogP contribution in [0, 0.1) is 20.8 Å². The molecule has 0 bridgehead atoms. The van der Waals surface area contributed by atoms with Crippen LogP contribution in [0.4, 0.5) is 17.1 Å². The lowest BCUT2D eigenvalue weighted by Gasteiger charge is -2.24. The molecule has 3 aromatic carbocycles. The van der Waals surface area contributed by atoms with Crippen molar-refractivity contribution in [2.45, 2.75) is 37.0 Å². The molecule has 37 heavy (non-hydrogen) atoms. The normalized spacial score (nSPS) is 14.4. The van der Waals surface area contributed by atoms with Gasteiger partial charge >= 0.3 is 0 Å². The number of hydrogen-bond donors (Lipinski definition) is 3. The second-order valence-corrected chi connectivity index (χ2v) is 12.4. The quantitative estimate of drug-likeness (QED) is 0.392. The molecular weight excluding hydrogens is 532 g/mol. The Balaban J connectivity index is 0.00000380. The Morgan fingerprint density at radius 2 is 1.41 bits per heavy atom. The average molecular weight is 565 g/mol. The summed E-state index contributed by atoms with van der Waals surface area (Å²) in [5.41, 5.74) is 3.36. The van der Waals surface area contributed by atoms with Crippen molar-refractivity contribution in [1.29, 1.82) is 0 Å². The van der Waals surface area contributed by atoms with Gasteiger partial charge in [-0.3, -0.25) is 9.44 Å². The van der Waals surface area contributed by atoms with Gasteiger partial charge in [0.1, 0.15) is 0 Å². The van der Waals surface area contributed by atoms with E-state index >= 15 is 0 Å². The highest BCUT2D eigenvalue weighted by Gasteiger charge is 2.24. The topological polar surface area (TPSA) is 108 Å². The molecule has 0 unspecified atom stereocenters. The van der Waals surface area contributed by atoms with Crippen molar-refractivity contribution in [3.63, 3.8) is 0 Å². The van der Waals surface area contributed by atoms with Gasteiger partial charge in [-0.05, 0) is 75.2 Å². The van der Waals surface area contributed by atoms with E-state index in [1.165, 1.54) is 12.1 Å². The van der Waals surface area contributed by atoms with Gasteiger partial charge in [0, 0.05) is 25.3 Å². The van der Waals surface area contributed by atoms with Crippen LogP contribution in [0.5, 0.6) is 0 Å². The van der Waals surface area contributed by atoms with Crippen LogP contribution < -0.4 is 19.7 Å². The van der Waals surface area contributed by atoms with Crippen molar-refractivity contribution in [3.8, 4) is 0 Å². The largest absolute Gasteiger partial charge is 0.370 e. The number of hydrogen-bond acceptors (Lipinski definition) is 6. The minimum absolute atomic E-state index is 0. The Bertz CT molecular complexity index is 1430. The van der Waals surface area contributed by atoms with Crippen molar-refractivity contribution < 1.29 is 16.8 Å². The van der Waals surface area contributed by atoms with Crippen LogP contribution in [0.15, 0.2) is 70.5 Å². The van der Waals surface area contributed by atoms with Crippen LogP contribution in [0.1, 0.15) is 23.1 Å². The van der Waals surface area contributed by atoms with E-state index in [2.05, 4.69) is 19.7 Å². The third kappa shape index (κ3) is 6.75. The Labute approximate surface area is 226 Å². The average Bonchev–Trinajstić information content (AvgIpc) is 3.09. The molecule has 1 heterocycles. The molecule has 4 rings (SSSR count). The predicted molar refractivity (Wildman–Crippen MR) is 152 cm³/mol. The number of halogens is 1. The highest BCUT2D eigenvalue weighted by Crippen LogP contribution is 2.33. The molecular formula is C26H33ClN4O4S2. The lowest BCUT2D eigenvalue weighted by Crippen LogP contribution is -2.28. The summed E-state index contributed by atoms with van der Waals surface area (Å²) < 4.78 is 58.5. The molecule has 0 radical (unpaired) electrons. The molecule has 0 amide bonds. The highest BCUT2D eigenvalue weighted by molar-refractivity contribution is 7.93. The second-order valence-electron chi connectivity index (χ2n) is 9.07. The summed E-state index contributed by atoms with van der Waals surface area (Å²) >= 11 is 0. The highest BCUT2D eigenvalue weighted by atomic mass is 35.5. The zero-order valence-electron chi connectivity index (χ0n) is 21.1. The van der Waals surface area contributed by atoms with Crippen molar-refractivity contribution in [2.24, 2.45) is 0 Å². The molecule has 1 aliphatic rings. The minimum Gasteiger partial charge on any atom is -0.370 e. The molecule has 8 nitrogen and oxygen atoms in total. The SMILES string of the molecule is Cc1cc(C)c(S(=O)(=O)Nc2ccc(N3CCCNCC3)cc2NS(=O)(=O)c2ccccc2)c(C)c1.Cl. The lowest BCUT2D eigenvalue weighted by molar-refractivity contribution is 0.598. The first-order valence-electron chi connectivity index (χ1n) is 11.8. The van der Waals surface area contributed by atoms with Crippen molar-refractivity contribution >= 4 is 49.5 Å². The molecule has 11 heteroatoms. The fraction of sp³-hybridized carbons (Fsp3) is 0.308. The molecule has 0 saturated carbocycles. The Hall–Kier alpha value is -2.79. The zero-order chi connectivity index (χ0) is 25.9. The molecule has 0 aromatic heterocycles. The fourth-order valence-electron chi connectivity index (χ4n) is 4.60. The first kappa shape index (κ1) is 28.8. The number of rotatable bonds is 7. The van der Waals surface area contributed by atoms with Crippen molar-refractivity contribution in [3.05, 3.63) is 77.4 Å². The molecule has 1 saturated heterocycles. The van der Waals surface area contributed by atoms with E-state index in [4.69, 9.17) is 0 Å². The minimum atomic E-state index is -3.99. The van der Waals surface area contributed by atoms with Gasteiger partial charge < -0.3 is 10.2 Å². The van der Waals surface area contributed by atoms with Crippen LogP contribution in [-0.4, -0.2) is 43.0 Å². The number of anilines is 3. The standard InChI is InChI=1S/C26H32N4O4S2.ClH/c1-19-16-20(2)26(21(3)17-19)36(33,34)28-24-11-10-22(30-14-7-12-27-13-15-30)18-25(24)29-35(31,32)23-8-5-4-6-9-23;/h4-6,8-11,16-18,27-29H,7,12-15H2,1-3H3;1H. The zero-order valence-corrected chi connectivity index (χ0v) is 23.6. The number of benzene rings is 3. The number of aryl methyl sites for hydroxylation is 3. The summed E-state index contributed by atoms with van der Waals surface area (Å²) in [6.45, 7) is 8.72. The van der Waals surface area contributed by atoms with Gasteiger partial charge in [-0.15, -0.1) is 12.4 Å². The molecule has 0 atom stereocenters. The number of nitrogens with zero attached hydrogens (tertiary/aromatic N) is 1. The monoisotopic (exact) mass is 564 g/mol. The maximum atomic E-state index is 13.5. The van der Waals surface area contributed by atoms with Crippen LogP contribution in [0.25, 0.3) is 0 Å². The van der Waals surface area contributed by atoms with Gasteiger partial charge in [-0.25, -0.2) is 16.8 Å². The summed E-state index contributed by atoms with van der Waals surface area (Å²) in [7, 11) is -7.93. The summed E-state index contributed by atoms with van der Waals surface area (Å²) in [6.07, 6.45) is 0.950. The molecule has 3 aromatic rings. The fourth-order valence-corrected chi connectivity index (χ4v) is 7.22. The lowest BCUT2D eigenvalue weighted by atomic mass is 10.1. The van der Waals surface area contributed by atoms with E-state index in [9.17, 15) is 16.8 Å². The first-order chi connectivity index (χ1) is 17.1. The number of nitrogens with one attached hydrogen (secondary N) is 3. The summed E-state index contributed by atoms with van der Waals surface area (Å²) in [5.74, 6) is 0. The van der Waals surface area contributed by atoms with Gasteiger partial charge in [-0.1, -0.05) is 35.9 Å². The Morgan fingerprint density at radius 3 is 2.08 bits per heavy atom. The summed E-state index contributed by atoms with van der Waals surface area (Å²) in [4.78, 5) is 2.44. The van der Waals surface area contributed by atoms with Crippen LogP contribution in [0.3, 0.4) is 0 Å². The van der Waals surface area contributed by atoms with E-state index in [1.54, 1.807) is 44.2 Å². The van der Waals surface area contributed by atoms with E-state index < -0.39 is 20.0 Å². The van der Waals surface area contributed by atoms with E-state index in [0.717, 1.165) is 43.9 Å². The van der Waals surface area contributed by atoms with Gasteiger partial charge in [-0.2, -0.15) is 0 Å². The van der Waals surface area contributed by atoms with Gasteiger partial charge in [0.25, 0.3) is 20.0 Å². The third-order valence-corrected chi connectivity index (χ3v) is 9.18. The van der Waals surface area contributed by atoms with Crippen LogP contribution in [-0.2, 0) is 20.0 Å². The third-order valence-electron chi connectivity index (χ3n) is 6.12. The van der Waals surface area contributed by atoms with Crippen molar-refractivity contribution in [2.75, 3.05) is 40.5 Å². The molecule has 3 N–H and O–H groups in total. The molecule has 0 spiro atoms. The Kier molecular flexibility index (Phi) is 9.12. The van der Waals surface area contributed by atoms with Gasteiger partial charge in [0.2, 0.25) is 0 Å². The van der Waals surface area contributed by atoms with E-state index in [0.29, 0.717) is 11.1 Å². The van der Waals surface area contributed by atoms with Crippen LogP contribution in [0.2, 0.25) is 0 Å². The van der Waals surface area contributed by atoms with Gasteiger partial charge in [0.05, 0.1) is 21.2 Å². The number of sulfonamides is 2. The second kappa shape index (κ2) is 11.7. The van der Waals surface area contributed by atoms with Gasteiger partial charge in [0.15, 0.2) is 0 Å². The van der Waals surface area contributed by atoms with E-state index in [-0.39, 0.29) is 33.6 Å². The molecule has 200 valence electrons. The van der Waals surface area contributed by atoms with E-state index in [1.807, 2.05) is 25.1 Å². The predicted octanol–water partition coefficient (Wildman–Crippen LogP) is 4.43. The van der Waals surface area contributed by atoms with Crippen LogP contribution >= 0.6 is 12.4 Å².